The lowest BCUT2D eigenvalue weighted by molar-refractivity contribution is 0.175. The number of piperidine rings is 1. The first-order valence-corrected chi connectivity index (χ1v) is 8.72. The van der Waals surface area contributed by atoms with Crippen molar-refractivity contribution >= 4 is 15.9 Å². The van der Waals surface area contributed by atoms with Crippen molar-refractivity contribution in [3.63, 3.8) is 0 Å². The Morgan fingerprint density at radius 2 is 2.00 bits per heavy atom. The SMILES string of the molecule is CCNCc1ccc(CN2CCC(CC)CC2)c(Br)c1. The molecule has 0 radical (unpaired) electrons. The molecular weight excluding hydrogens is 312 g/mol. The molecule has 1 N–H and O–H groups in total. The topological polar surface area (TPSA) is 15.3 Å². The largest absolute Gasteiger partial charge is 0.313 e. The van der Waals surface area contributed by atoms with Gasteiger partial charge in [-0.05, 0) is 55.6 Å². The molecule has 0 unspecified atom stereocenters. The van der Waals surface area contributed by atoms with Crippen molar-refractivity contribution in [2.45, 2.75) is 46.2 Å². The van der Waals surface area contributed by atoms with Gasteiger partial charge in [0.2, 0.25) is 0 Å². The molecule has 1 aliphatic heterocycles. The Morgan fingerprint density at radius 1 is 1.25 bits per heavy atom. The van der Waals surface area contributed by atoms with Crippen molar-refractivity contribution in [1.82, 2.24) is 10.2 Å². The van der Waals surface area contributed by atoms with Gasteiger partial charge >= 0.3 is 0 Å². The first-order chi connectivity index (χ1) is 9.72. The van der Waals surface area contributed by atoms with Gasteiger partial charge in [0.1, 0.15) is 0 Å². The Hall–Kier alpha value is -0.380. The number of nitrogens with one attached hydrogen (secondary N) is 1. The third-order valence-corrected chi connectivity index (χ3v) is 5.11. The molecule has 0 spiro atoms. The first-order valence-electron chi connectivity index (χ1n) is 7.93. The summed E-state index contributed by atoms with van der Waals surface area (Å²) in [7, 11) is 0. The zero-order valence-electron chi connectivity index (χ0n) is 12.8. The maximum Gasteiger partial charge on any atom is 0.0244 e. The second-order valence-electron chi connectivity index (χ2n) is 5.83. The van der Waals surface area contributed by atoms with Crippen LogP contribution < -0.4 is 5.32 Å². The molecule has 0 aliphatic carbocycles. The van der Waals surface area contributed by atoms with Crippen LogP contribution in [-0.2, 0) is 13.1 Å². The van der Waals surface area contributed by atoms with Crippen LogP contribution in [0.1, 0.15) is 44.2 Å². The molecule has 20 heavy (non-hydrogen) atoms. The van der Waals surface area contributed by atoms with Gasteiger partial charge in [0.05, 0.1) is 0 Å². The molecule has 2 rings (SSSR count). The van der Waals surface area contributed by atoms with Crippen LogP contribution in [0.5, 0.6) is 0 Å². The van der Waals surface area contributed by atoms with Gasteiger partial charge in [-0.15, -0.1) is 0 Å². The lowest BCUT2D eigenvalue weighted by Gasteiger charge is -2.31. The molecule has 1 aromatic carbocycles. The molecule has 2 nitrogen and oxygen atoms in total. The summed E-state index contributed by atoms with van der Waals surface area (Å²) in [6.45, 7) is 10.0. The minimum Gasteiger partial charge on any atom is -0.313 e. The molecule has 3 heteroatoms. The van der Waals surface area contributed by atoms with E-state index in [1.807, 2.05) is 0 Å². The normalized spacial score (nSPS) is 17.6. The number of hydrogen-bond donors (Lipinski definition) is 1. The van der Waals surface area contributed by atoms with E-state index in [4.69, 9.17) is 0 Å². The molecule has 0 amide bonds. The highest BCUT2D eigenvalue weighted by atomic mass is 79.9. The Balaban J connectivity index is 1.90. The number of likely N-dealkylation sites (tertiary alicyclic amines) is 1. The molecule has 1 aromatic rings. The number of benzene rings is 1. The van der Waals surface area contributed by atoms with Crippen molar-refractivity contribution in [3.05, 3.63) is 33.8 Å². The molecule has 0 bridgehead atoms. The maximum absolute atomic E-state index is 3.74. The van der Waals surface area contributed by atoms with Gasteiger partial charge in [0.15, 0.2) is 0 Å². The third kappa shape index (κ3) is 4.57. The zero-order chi connectivity index (χ0) is 14.4. The van der Waals surface area contributed by atoms with E-state index in [-0.39, 0.29) is 0 Å². The Labute approximate surface area is 132 Å². The average Bonchev–Trinajstić information content (AvgIpc) is 2.48. The summed E-state index contributed by atoms with van der Waals surface area (Å²) in [5, 5.41) is 3.37. The minimum atomic E-state index is 0.956. The van der Waals surface area contributed by atoms with Crippen molar-refractivity contribution in [2.24, 2.45) is 5.92 Å². The monoisotopic (exact) mass is 338 g/mol. The van der Waals surface area contributed by atoms with E-state index in [0.717, 1.165) is 25.6 Å². The molecule has 0 atom stereocenters. The molecule has 1 fully saturated rings. The lowest BCUT2D eigenvalue weighted by atomic mass is 9.94. The molecule has 1 aliphatic rings. The fourth-order valence-electron chi connectivity index (χ4n) is 2.89. The Kier molecular flexibility index (Phi) is 6.53. The summed E-state index contributed by atoms with van der Waals surface area (Å²) in [4.78, 5) is 2.59. The molecule has 0 aromatic heterocycles. The fraction of sp³-hybridized carbons (Fsp3) is 0.647. The summed E-state index contributed by atoms with van der Waals surface area (Å²) >= 11 is 3.74. The van der Waals surface area contributed by atoms with Crippen molar-refractivity contribution in [1.29, 1.82) is 0 Å². The molecule has 1 saturated heterocycles. The molecule has 0 saturated carbocycles. The quantitative estimate of drug-likeness (QED) is 0.836. The zero-order valence-corrected chi connectivity index (χ0v) is 14.4. The van der Waals surface area contributed by atoms with Crippen LogP contribution in [0.3, 0.4) is 0 Å². The third-order valence-electron chi connectivity index (χ3n) is 4.38. The van der Waals surface area contributed by atoms with Crippen LogP contribution in [0.2, 0.25) is 0 Å². The van der Waals surface area contributed by atoms with E-state index >= 15 is 0 Å². The van der Waals surface area contributed by atoms with E-state index in [9.17, 15) is 0 Å². The summed E-state index contributed by atoms with van der Waals surface area (Å²) in [6.07, 6.45) is 4.08. The predicted octanol–water partition coefficient (Wildman–Crippen LogP) is 4.18. The van der Waals surface area contributed by atoms with Crippen molar-refractivity contribution in [2.75, 3.05) is 19.6 Å². The Morgan fingerprint density at radius 3 is 2.60 bits per heavy atom. The van der Waals surface area contributed by atoms with Gasteiger partial charge in [-0.25, -0.2) is 0 Å². The van der Waals surface area contributed by atoms with Gasteiger partial charge in [-0.1, -0.05) is 48.3 Å². The van der Waals surface area contributed by atoms with E-state index in [1.54, 1.807) is 0 Å². The van der Waals surface area contributed by atoms with E-state index < -0.39 is 0 Å². The lowest BCUT2D eigenvalue weighted by Crippen LogP contribution is -2.33. The number of nitrogens with zero attached hydrogens (tertiary/aromatic N) is 1. The summed E-state index contributed by atoms with van der Waals surface area (Å²) < 4.78 is 1.26. The minimum absolute atomic E-state index is 0.956. The standard InChI is InChI=1S/C17H27BrN2/c1-3-14-7-9-20(10-8-14)13-16-6-5-15(11-17(16)18)12-19-4-2/h5-6,11,14,19H,3-4,7-10,12-13H2,1-2H3. The second-order valence-corrected chi connectivity index (χ2v) is 6.69. The highest BCUT2D eigenvalue weighted by Crippen LogP contribution is 2.24. The number of rotatable bonds is 6. The number of halogens is 1. The van der Waals surface area contributed by atoms with Crippen LogP contribution in [0.25, 0.3) is 0 Å². The van der Waals surface area contributed by atoms with E-state index in [2.05, 4.69) is 58.2 Å². The summed E-state index contributed by atoms with van der Waals surface area (Å²) in [5.41, 5.74) is 2.77. The highest BCUT2D eigenvalue weighted by molar-refractivity contribution is 9.10. The van der Waals surface area contributed by atoms with Crippen LogP contribution in [0.4, 0.5) is 0 Å². The highest BCUT2D eigenvalue weighted by Gasteiger charge is 2.18. The van der Waals surface area contributed by atoms with E-state index in [1.165, 1.54) is 48.0 Å². The fourth-order valence-corrected chi connectivity index (χ4v) is 3.44. The molecule has 112 valence electrons. The van der Waals surface area contributed by atoms with Gasteiger partial charge in [0.25, 0.3) is 0 Å². The van der Waals surface area contributed by atoms with Gasteiger partial charge in [-0.2, -0.15) is 0 Å². The van der Waals surface area contributed by atoms with Crippen LogP contribution in [0.15, 0.2) is 22.7 Å². The van der Waals surface area contributed by atoms with Gasteiger partial charge in [-0.3, -0.25) is 4.90 Å². The molecular formula is C17H27BrN2. The summed E-state index contributed by atoms with van der Waals surface area (Å²) in [6, 6.07) is 6.79. The maximum atomic E-state index is 3.74. The smallest absolute Gasteiger partial charge is 0.0244 e. The predicted molar refractivity (Wildman–Crippen MR) is 89.8 cm³/mol. The van der Waals surface area contributed by atoms with Crippen LogP contribution in [0, 0.1) is 5.92 Å². The second kappa shape index (κ2) is 8.16. The Bertz CT molecular complexity index is 411. The van der Waals surface area contributed by atoms with Crippen molar-refractivity contribution in [3.8, 4) is 0 Å². The van der Waals surface area contributed by atoms with Crippen LogP contribution in [-0.4, -0.2) is 24.5 Å². The number of hydrogen-bond acceptors (Lipinski definition) is 2. The molecule has 1 heterocycles. The van der Waals surface area contributed by atoms with E-state index in [0.29, 0.717) is 0 Å². The van der Waals surface area contributed by atoms with Crippen molar-refractivity contribution < 1.29 is 0 Å². The van der Waals surface area contributed by atoms with Gasteiger partial charge in [0, 0.05) is 17.6 Å². The first kappa shape index (κ1) is 16.0. The van der Waals surface area contributed by atoms with Gasteiger partial charge < -0.3 is 5.32 Å². The summed E-state index contributed by atoms with van der Waals surface area (Å²) in [5.74, 6) is 0.956. The van der Waals surface area contributed by atoms with Crippen LogP contribution >= 0.6 is 15.9 Å². The average molecular weight is 339 g/mol.